The first kappa shape index (κ1) is 15.0. The maximum absolute atomic E-state index is 2.42. The first-order valence-corrected chi connectivity index (χ1v) is 10.5. The van der Waals surface area contributed by atoms with Gasteiger partial charge in [-0.15, -0.1) is 0 Å². The van der Waals surface area contributed by atoms with E-state index in [1.54, 1.807) is 0 Å². The van der Waals surface area contributed by atoms with Gasteiger partial charge in [-0.25, -0.2) is 0 Å². The van der Waals surface area contributed by atoms with E-state index in [1.807, 2.05) is 0 Å². The Kier molecular flexibility index (Phi) is 2.49. The molecule has 8 aromatic carbocycles. The molecule has 0 N–H and O–H groups in total. The molecule has 0 aliphatic carbocycles. The fraction of sp³-hybridized carbons (Fsp3) is 0. The highest BCUT2D eigenvalue weighted by molar-refractivity contribution is 6.45. The lowest BCUT2D eigenvalue weighted by molar-refractivity contribution is 1.79. The average molecular weight is 376 g/mol. The van der Waals surface area contributed by atoms with Crippen molar-refractivity contribution in [3.05, 3.63) is 97.1 Å². The molecule has 0 unspecified atom stereocenters. The van der Waals surface area contributed by atoms with Gasteiger partial charge in [0.25, 0.3) is 0 Å². The molecule has 0 aliphatic rings. The zero-order valence-electron chi connectivity index (χ0n) is 16.2. The SMILES string of the molecule is c1ccc2c(c1)c1cccc3cc4c5ccccc5c5cccc6cc2c(c31)c4c65. The monoisotopic (exact) mass is 376 g/mol. The van der Waals surface area contributed by atoms with Crippen molar-refractivity contribution in [3.63, 3.8) is 0 Å². The predicted molar refractivity (Wildman–Crippen MR) is 131 cm³/mol. The number of rotatable bonds is 0. The zero-order valence-corrected chi connectivity index (χ0v) is 16.2. The molecule has 136 valence electrons. The van der Waals surface area contributed by atoms with Crippen LogP contribution in [-0.4, -0.2) is 0 Å². The van der Waals surface area contributed by atoms with Crippen LogP contribution in [0.25, 0.3) is 75.4 Å². The third-order valence-electron chi connectivity index (χ3n) is 7.10. The van der Waals surface area contributed by atoms with Gasteiger partial charge >= 0.3 is 0 Å². The molecule has 8 aromatic rings. The van der Waals surface area contributed by atoms with Gasteiger partial charge < -0.3 is 0 Å². The molecule has 0 heteroatoms. The minimum atomic E-state index is 1.33. The second-order valence-corrected chi connectivity index (χ2v) is 8.50. The van der Waals surface area contributed by atoms with Crippen molar-refractivity contribution in [1.29, 1.82) is 0 Å². The minimum absolute atomic E-state index is 1.33. The van der Waals surface area contributed by atoms with Crippen LogP contribution in [0, 0.1) is 0 Å². The highest BCUT2D eigenvalue weighted by Gasteiger charge is 2.20. The number of benzene rings is 8. The maximum atomic E-state index is 2.42. The summed E-state index contributed by atoms with van der Waals surface area (Å²) in [6.07, 6.45) is 0. The van der Waals surface area contributed by atoms with Crippen molar-refractivity contribution in [2.75, 3.05) is 0 Å². The Morgan fingerprint density at radius 3 is 1.07 bits per heavy atom. The van der Waals surface area contributed by atoms with Crippen LogP contribution < -0.4 is 0 Å². The summed E-state index contributed by atoms with van der Waals surface area (Å²) >= 11 is 0. The van der Waals surface area contributed by atoms with Crippen LogP contribution in [0.4, 0.5) is 0 Å². The molecule has 0 radical (unpaired) electrons. The summed E-state index contributed by atoms with van der Waals surface area (Å²) in [7, 11) is 0. The van der Waals surface area contributed by atoms with Gasteiger partial charge in [0.15, 0.2) is 0 Å². The van der Waals surface area contributed by atoms with Gasteiger partial charge in [0, 0.05) is 0 Å². The van der Waals surface area contributed by atoms with Crippen LogP contribution >= 0.6 is 0 Å². The minimum Gasteiger partial charge on any atom is -0.0616 e. The van der Waals surface area contributed by atoms with Crippen LogP contribution in [0.2, 0.25) is 0 Å². The van der Waals surface area contributed by atoms with Crippen molar-refractivity contribution in [3.8, 4) is 0 Å². The normalized spacial score (nSPS) is 12.7. The van der Waals surface area contributed by atoms with Gasteiger partial charge in [0.2, 0.25) is 0 Å². The predicted octanol–water partition coefficient (Wildman–Crippen LogP) is 8.63. The van der Waals surface area contributed by atoms with E-state index in [2.05, 4.69) is 97.1 Å². The van der Waals surface area contributed by atoms with Gasteiger partial charge in [0.05, 0.1) is 0 Å². The molecule has 0 spiro atoms. The van der Waals surface area contributed by atoms with Crippen molar-refractivity contribution in [2.45, 2.75) is 0 Å². The smallest absolute Gasteiger partial charge is 0.000741 e. The second-order valence-electron chi connectivity index (χ2n) is 8.50. The molecular weight excluding hydrogens is 360 g/mol. The van der Waals surface area contributed by atoms with Crippen molar-refractivity contribution >= 4 is 75.4 Å². The average Bonchev–Trinajstić information content (AvgIpc) is 2.82. The Morgan fingerprint density at radius 1 is 0.267 bits per heavy atom. The van der Waals surface area contributed by atoms with Gasteiger partial charge in [-0.1, -0.05) is 84.9 Å². The fourth-order valence-electron chi connectivity index (χ4n) is 5.96. The molecular formula is C30H16. The molecule has 0 saturated heterocycles. The summed E-state index contributed by atoms with van der Waals surface area (Å²) in [5, 5.41) is 19.2. The number of hydrogen-bond acceptors (Lipinski definition) is 0. The van der Waals surface area contributed by atoms with Gasteiger partial charge in [0.1, 0.15) is 0 Å². The summed E-state index contributed by atoms with van der Waals surface area (Å²) in [5.74, 6) is 0. The first-order valence-electron chi connectivity index (χ1n) is 10.5. The van der Waals surface area contributed by atoms with Gasteiger partial charge in [-0.3, -0.25) is 0 Å². The molecule has 0 atom stereocenters. The van der Waals surface area contributed by atoms with Gasteiger partial charge in [-0.2, -0.15) is 0 Å². The molecule has 0 fully saturated rings. The third kappa shape index (κ3) is 1.58. The summed E-state index contributed by atoms with van der Waals surface area (Å²) < 4.78 is 0. The molecule has 0 aliphatic heterocycles. The van der Waals surface area contributed by atoms with Crippen LogP contribution in [0.3, 0.4) is 0 Å². The summed E-state index contributed by atoms with van der Waals surface area (Å²) in [5.41, 5.74) is 0. The Morgan fingerprint density at radius 2 is 0.633 bits per heavy atom. The lowest BCUT2D eigenvalue weighted by atomic mass is 9.82. The van der Waals surface area contributed by atoms with E-state index in [0.29, 0.717) is 0 Å². The fourth-order valence-corrected chi connectivity index (χ4v) is 5.96. The van der Waals surface area contributed by atoms with Crippen molar-refractivity contribution in [1.82, 2.24) is 0 Å². The molecule has 0 heterocycles. The van der Waals surface area contributed by atoms with Crippen LogP contribution in [0.1, 0.15) is 0 Å². The van der Waals surface area contributed by atoms with E-state index in [-0.39, 0.29) is 0 Å². The van der Waals surface area contributed by atoms with Crippen molar-refractivity contribution < 1.29 is 0 Å². The lowest BCUT2D eigenvalue weighted by Gasteiger charge is -2.20. The Balaban J connectivity index is 1.90. The van der Waals surface area contributed by atoms with E-state index in [4.69, 9.17) is 0 Å². The summed E-state index contributed by atoms with van der Waals surface area (Å²) in [6.45, 7) is 0. The Bertz CT molecular complexity index is 1790. The first-order chi connectivity index (χ1) is 14.9. The molecule has 8 rings (SSSR count). The van der Waals surface area contributed by atoms with E-state index in [9.17, 15) is 0 Å². The highest BCUT2D eigenvalue weighted by atomic mass is 14.2. The molecule has 30 heavy (non-hydrogen) atoms. The highest BCUT2D eigenvalue weighted by Crippen LogP contribution is 2.48. The second kappa shape index (κ2) is 4.98. The molecule has 0 bridgehead atoms. The Labute approximate surface area is 172 Å². The lowest BCUT2D eigenvalue weighted by Crippen LogP contribution is -1.92. The van der Waals surface area contributed by atoms with Crippen LogP contribution in [-0.2, 0) is 0 Å². The topological polar surface area (TPSA) is 0 Å². The number of fused-ring (bicyclic) bond motifs is 6. The van der Waals surface area contributed by atoms with Crippen LogP contribution in [0.15, 0.2) is 97.1 Å². The molecule has 0 amide bonds. The quantitative estimate of drug-likeness (QED) is 0.183. The standard InChI is InChI=1S/C30H16/c1-3-11-21-19(9-1)23-13-5-7-17-16-26-22-12-4-2-10-20(22)24-14-6-8-18-15-25(21)29(27(17)23)30(26)28(18)24/h1-16H. The van der Waals surface area contributed by atoms with Gasteiger partial charge in [-0.05, 0) is 87.5 Å². The molecule has 0 aromatic heterocycles. The molecule has 0 nitrogen and oxygen atoms in total. The number of hydrogen-bond donors (Lipinski definition) is 0. The summed E-state index contributed by atoms with van der Waals surface area (Å²) in [6, 6.07) is 36.2. The zero-order chi connectivity index (χ0) is 19.4. The largest absolute Gasteiger partial charge is 0.0616 e. The summed E-state index contributed by atoms with van der Waals surface area (Å²) in [4.78, 5) is 0. The Hall–Kier alpha value is -3.90. The van der Waals surface area contributed by atoms with E-state index in [1.165, 1.54) is 75.4 Å². The van der Waals surface area contributed by atoms with E-state index < -0.39 is 0 Å². The third-order valence-corrected chi connectivity index (χ3v) is 7.10. The van der Waals surface area contributed by atoms with E-state index >= 15 is 0 Å². The van der Waals surface area contributed by atoms with Crippen molar-refractivity contribution in [2.24, 2.45) is 0 Å². The molecule has 0 saturated carbocycles. The van der Waals surface area contributed by atoms with Crippen LogP contribution in [0.5, 0.6) is 0 Å². The maximum Gasteiger partial charge on any atom is -0.000741 e. The van der Waals surface area contributed by atoms with E-state index in [0.717, 1.165) is 0 Å².